The third kappa shape index (κ3) is 6.47. The smallest absolute Gasteiger partial charge is 0.410 e. The lowest BCUT2D eigenvalue weighted by atomic mass is 9.98. The van der Waals surface area contributed by atoms with Crippen molar-refractivity contribution in [2.45, 2.75) is 71.1 Å². The molecule has 0 N–H and O–H groups in total. The van der Waals surface area contributed by atoms with Crippen LogP contribution in [-0.4, -0.2) is 40.8 Å². The summed E-state index contributed by atoms with van der Waals surface area (Å²) in [6, 6.07) is 0.283. The van der Waals surface area contributed by atoms with Crippen molar-refractivity contribution in [2.24, 2.45) is 0 Å². The van der Waals surface area contributed by atoms with E-state index in [2.05, 4.69) is 4.98 Å². The Morgan fingerprint density at radius 1 is 1.43 bits per heavy atom. The van der Waals surface area contributed by atoms with Crippen molar-refractivity contribution in [3.63, 3.8) is 0 Å². The van der Waals surface area contributed by atoms with Crippen LogP contribution in [0.2, 0.25) is 0 Å². The van der Waals surface area contributed by atoms with Crippen molar-refractivity contribution in [1.82, 2.24) is 9.88 Å². The summed E-state index contributed by atoms with van der Waals surface area (Å²) < 4.78 is 11.2. The van der Waals surface area contributed by atoms with Gasteiger partial charge in [0.05, 0.1) is 17.0 Å². The first kappa shape index (κ1) is 18.2. The topological polar surface area (TPSA) is 51.7 Å². The molecule has 2 rings (SSSR count). The molecule has 1 saturated heterocycles. The molecular formula is C17H28N2O3S. The van der Waals surface area contributed by atoms with Crippen molar-refractivity contribution < 1.29 is 14.3 Å². The molecular weight excluding hydrogens is 312 g/mol. The van der Waals surface area contributed by atoms with Crippen molar-refractivity contribution >= 4 is 17.4 Å². The zero-order valence-electron chi connectivity index (χ0n) is 14.4. The summed E-state index contributed by atoms with van der Waals surface area (Å²) in [5, 5.41) is 0. The predicted molar refractivity (Wildman–Crippen MR) is 91.6 cm³/mol. The van der Waals surface area contributed by atoms with Gasteiger partial charge in [0.25, 0.3) is 0 Å². The van der Waals surface area contributed by atoms with E-state index >= 15 is 0 Å². The van der Waals surface area contributed by atoms with E-state index in [1.54, 1.807) is 11.3 Å². The fourth-order valence-electron chi connectivity index (χ4n) is 2.77. The number of hydrogen-bond acceptors (Lipinski definition) is 5. The van der Waals surface area contributed by atoms with Gasteiger partial charge in [0.1, 0.15) is 5.60 Å². The summed E-state index contributed by atoms with van der Waals surface area (Å²) in [7, 11) is 0. The maximum atomic E-state index is 12.3. The minimum atomic E-state index is -0.434. The molecule has 130 valence electrons. The third-order valence-corrected chi connectivity index (χ3v) is 4.56. The monoisotopic (exact) mass is 340 g/mol. The van der Waals surface area contributed by atoms with E-state index in [1.165, 1.54) is 6.42 Å². The van der Waals surface area contributed by atoms with Gasteiger partial charge >= 0.3 is 6.09 Å². The van der Waals surface area contributed by atoms with Crippen LogP contribution in [0.4, 0.5) is 4.79 Å². The highest BCUT2D eigenvalue weighted by molar-refractivity contribution is 7.09. The van der Waals surface area contributed by atoms with E-state index in [1.807, 2.05) is 37.4 Å². The number of nitrogens with zero attached hydrogens (tertiary/aromatic N) is 2. The highest BCUT2D eigenvalue weighted by Gasteiger charge is 2.29. The Balaban J connectivity index is 1.71. The average molecular weight is 340 g/mol. The number of ether oxygens (including phenoxy) is 2. The highest BCUT2D eigenvalue weighted by atomic mass is 32.1. The molecule has 1 fully saturated rings. The van der Waals surface area contributed by atoms with Crippen molar-refractivity contribution in [1.29, 1.82) is 0 Å². The van der Waals surface area contributed by atoms with E-state index in [0.29, 0.717) is 6.61 Å². The van der Waals surface area contributed by atoms with Crippen LogP contribution < -0.4 is 0 Å². The predicted octanol–water partition coefficient (Wildman–Crippen LogP) is 4.23. The number of piperidine rings is 1. The van der Waals surface area contributed by atoms with Crippen LogP contribution in [0.25, 0.3) is 0 Å². The lowest BCUT2D eigenvalue weighted by Crippen LogP contribution is -2.46. The largest absolute Gasteiger partial charge is 0.444 e. The first-order valence-electron chi connectivity index (χ1n) is 8.40. The van der Waals surface area contributed by atoms with E-state index in [-0.39, 0.29) is 12.1 Å². The second-order valence-corrected chi connectivity index (χ2v) is 7.96. The van der Waals surface area contributed by atoms with Crippen LogP contribution >= 0.6 is 11.3 Å². The highest BCUT2D eigenvalue weighted by Crippen LogP contribution is 2.23. The Labute approximate surface area is 143 Å². The van der Waals surface area contributed by atoms with Gasteiger partial charge in [-0.3, -0.25) is 4.98 Å². The van der Waals surface area contributed by atoms with Crippen LogP contribution in [0.15, 0.2) is 11.7 Å². The Bertz CT molecular complexity index is 471. The summed E-state index contributed by atoms with van der Waals surface area (Å²) in [6.07, 6.45) is 6.92. The van der Waals surface area contributed by atoms with Gasteiger partial charge < -0.3 is 14.4 Å². The Morgan fingerprint density at radius 2 is 2.26 bits per heavy atom. The summed E-state index contributed by atoms with van der Waals surface area (Å²) in [5.41, 5.74) is 1.39. The molecule has 23 heavy (non-hydrogen) atoms. The number of thiazole rings is 1. The summed E-state index contributed by atoms with van der Waals surface area (Å²) in [4.78, 5) is 19.4. The molecule has 0 saturated carbocycles. The number of carbonyl (C=O) groups is 1. The first-order chi connectivity index (χ1) is 11.0. The number of hydrogen-bond donors (Lipinski definition) is 0. The fourth-order valence-corrected chi connectivity index (χ4v) is 3.30. The lowest BCUT2D eigenvalue weighted by molar-refractivity contribution is 0.00728. The average Bonchev–Trinajstić information content (AvgIpc) is 2.99. The number of likely N-dealkylation sites (tertiary alicyclic amines) is 1. The Kier molecular flexibility index (Phi) is 6.84. The molecule has 1 aromatic heterocycles. The molecule has 0 bridgehead atoms. The summed E-state index contributed by atoms with van der Waals surface area (Å²) in [5.74, 6) is 0. The van der Waals surface area contributed by atoms with Gasteiger partial charge in [0.2, 0.25) is 0 Å². The lowest BCUT2D eigenvalue weighted by Gasteiger charge is -2.36. The van der Waals surface area contributed by atoms with Gasteiger partial charge in [-0.1, -0.05) is 0 Å². The number of carbonyl (C=O) groups excluding carboxylic acids is 1. The van der Waals surface area contributed by atoms with E-state index in [9.17, 15) is 4.79 Å². The first-order valence-corrected chi connectivity index (χ1v) is 9.28. The maximum absolute atomic E-state index is 12.3. The van der Waals surface area contributed by atoms with Gasteiger partial charge in [-0.15, -0.1) is 11.3 Å². The molecule has 1 atom stereocenters. The molecule has 1 aliphatic rings. The van der Waals surface area contributed by atoms with E-state index in [0.717, 1.165) is 43.7 Å². The van der Waals surface area contributed by atoms with Crippen LogP contribution in [0.3, 0.4) is 0 Å². The zero-order chi connectivity index (χ0) is 16.7. The maximum Gasteiger partial charge on any atom is 0.410 e. The van der Waals surface area contributed by atoms with Crippen LogP contribution in [0, 0.1) is 0 Å². The second-order valence-electron chi connectivity index (χ2n) is 6.99. The van der Waals surface area contributed by atoms with E-state index in [4.69, 9.17) is 9.47 Å². The molecule has 1 aliphatic heterocycles. The Morgan fingerprint density at radius 3 is 2.96 bits per heavy atom. The molecule has 1 amide bonds. The zero-order valence-corrected chi connectivity index (χ0v) is 15.2. The minimum Gasteiger partial charge on any atom is -0.444 e. The summed E-state index contributed by atoms with van der Waals surface area (Å²) in [6.45, 7) is 7.90. The van der Waals surface area contributed by atoms with Gasteiger partial charge in [0.15, 0.2) is 0 Å². The molecule has 6 heteroatoms. The SMILES string of the molecule is CC(C)(C)OC(=O)N1CCCCC1CCCOCc1cncs1. The molecule has 0 radical (unpaired) electrons. The molecule has 5 nitrogen and oxygen atoms in total. The second kappa shape index (κ2) is 8.64. The quantitative estimate of drug-likeness (QED) is 0.727. The summed E-state index contributed by atoms with van der Waals surface area (Å²) >= 11 is 1.61. The van der Waals surface area contributed by atoms with Crippen molar-refractivity contribution in [3.8, 4) is 0 Å². The minimum absolute atomic E-state index is 0.173. The van der Waals surface area contributed by atoms with Crippen LogP contribution in [-0.2, 0) is 16.1 Å². The number of amides is 1. The molecule has 1 unspecified atom stereocenters. The van der Waals surface area contributed by atoms with Gasteiger partial charge in [-0.25, -0.2) is 4.79 Å². The number of aromatic nitrogens is 1. The third-order valence-electron chi connectivity index (χ3n) is 3.81. The normalized spacial score (nSPS) is 18.9. The van der Waals surface area contributed by atoms with Gasteiger partial charge in [0, 0.05) is 25.4 Å². The molecule has 0 spiro atoms. The van der Waals surface area contributed by atoms with Crippen molar-refractivity contribution in [3.05, 3.63) is 16.6 Å². The molecule has 0 aliphatic carbocycles. The van der Waals surface area contributed by atoms with Gasteiger partial charge in [-0.2, -0.15) is 0 Å². The fraction of sp³-hybridized carbons (Fsp3) is 0.765. The standard InChI is InChI=1S/C17H28N2O3S/c1-17(2,3)22-16(20)19-9-5-4-7-14(19)8-6-10-21-12-15-11-18-13-23-15/h11,13-14H,4-10,12H2,1-3H3. The van der Waals surface area contributed by atoms with Crippen molar-refractivity contribution in [2.75, 3.05) is 13.2 Å². The van der Waals surface area contributed by atoms with Crippen LogP contribution in [0.1, 0.15) is 57.8 Å². The molecule has 2 heterocycles. The molecule has 0 aromatic carbocycles. The molecule has 1 aromatic rings. The Hall–Kier alpha value is -1.14. The van der Waals surface area contributed by atoms with Crippen LogP contribution in [0.5, 0.6) is 0 Å². The number of rotatable bonds is 6. The van der Waals surface area contributed by atoms with Gasteiger partial charge in [-0.05, 0) is 52.9 Å². The van der Waals surface area contributed by atoms with E-state index < -0.39 is 5.60 Å².